The summed E-state index contributed by atoms with van der Waals surface area (Å²) in [5.74, 6) is 0.872. The number of hydrogen-bond donors (Lipinski definition) is 1. The molecule has 1 unspecified atom stereocenters. The molecule has 6 heteroatoms. The number of rotatable bonds is 3. The van der Waals surface area contributed by atoms with Gasteiger partial charge in [0.05, 0.1) is 0 Å². The van der Waals surface area contributed by atoms with Crippen molar-refractivity contribution >= 4 is 28.4 Å². The Hall–Kier alpha value is -0.660. The molecule has 1 N–H and O–H groups in total. The molecule has 5 nitrogen and oxygen atoms in total. The normalized spacial score (nSPS) is 12.8. The summed E-state index contributed by atoms with van der Waals surface area (Å²) in [7, 11) is 0. The highest BCUT2D eigenvalue weighted by Gasteiger charge is 2.14. The maximum Gasteiger partial charge on any atom is 0.340 e. The quantitative estimate of drug-likeness (QED) is 0.398. The summed E-state index contributed by atoms with van der Waals surface area (Å²) < 4.78 is 0.891. The van der Waals surface area contributed by atoms with Gasteiger partial charge >= 0.3 is 5.82 Å². The second kappa shape index (κ2) is 3.83. The molecular weight excluding hydrogens is 273 g/mol. The van der Waals surface area contributed by atoms with E-state index in [1.165, 1.54) is 6.20 Å². The molecule has 0 aliphatic heterocycles. The largest absolute Gasteiger partial charge is 0.358 e. The number of halogens is 1. The zero-order valence-corrected chi connectivity index (χ0v) is 8.61. The van der Waals surface area contributed by atoms with E-state index in [4.69, 9.17) is 0 Å². The molecule has 0 saturated heterocycles. The molecule has 1 rings (SSSR count). The summed E-state index contributed by atoms with van der Waals surface area (Å²) in [4.78, 5) is 16.3. The summed E-state index contributed by atoms with van der Waals surface area (Å²) in [5, 5.41) is 10.3. The van der Waals surface area contributed by atoms with Gasteiger partial charge in [-0.05, 0) is 4.92 Å². The first-order chi connectivity index (χ1) is 5.65. The molecule has 0 fully saturated rings. The van der Waals surface area contributed by atoms with Crippen LogP contribution in [0.25, 0.3) is 0 Å². The minimum absolute atomic E-state index is 0.0401. The molecule has 1 atom stereocenters. The van der Waals surface area contributed by atoms with E-state index < -0.39 is 4.92 Å². The van der Waals surface area contributed by atoms with Crippen LogP contribution < -0.4 is 0 Å². The maximum atomic E-state index is 10.3. The fourth-order valence-electron chi connectivity index (χ4n) is 0.743. The first-order valence-corrected chi connectivity index (χ1v) is 4.93. The minimum atomic E-state index is -0.476. The molecule has 0 aromatic carbocycles. The Morgan fingerprint density at radius 1 is 1.92 bits per heavy atom. The molecule has 1 heterocycles. The second-order valence-corrected chi connectivity index (χ2v) is 3.35. The molecule has 0 saturated carbocycles. The molecule has 0 radical (unpaired) electrons. The molecule has 1 aromatic heterocycles. The molecule has 0 aliphatic carbocycles. The smallest absolute Gasteiger partial charge is 0.340 e. The lowest BCUT2D eigenvalue weighted by atomic mass is 10.2. The van der Waals surface area contributed by atoms with Crippen LogP contribution in [-0.2, 0) is 0 Å². The van der Waals surface area contributed by atoms with Crippen LogP contribution in [0.2, 0.25) is 0 Å². The van der Waals surface area contributed by atoms with Gasteiger partial charge < -0.3 is 10.1 Å². The van der Waals surface area contributed by atoms with Crippen molar-refractivity contribution in [3.8, 4) is 0 Å². The Morgan fingerprint density at radius 3 is 3.00 bits per heavy atom. The number of nitrogens with zero attached hydrogens (tertiary/aromatic N) is 2. The SMILES string of the molecule is CC(CI)c1ncc([N+](=O)[O-])[nH]1. The molecular formula is C6H8IN3O2. The van der Waals surface area contributed by atoms with Crippen LogP contribution in [0, 0.1) is 10.1 Å². The van der Waals surface area contributed by atoms with Crippen molar-refractivity contribution in [2.45, 2.75) is 12.8 Å². The van der Waals surface area contributed by atoms with Crippen LogP contribution >= 0.6 is 22.6 Å². The fraction of sp³-hybridized carbons (Fsp3) is 0.500. The lowest BCUT2D eigenvalue weighted by Crippen LogP contribution is -1.97. The van der Waals surface area contributed by atoms with E-state index in [-0.39, 0.29) is 11.7 Å². The van der Waals surface area contributed by atoms with Gasteiger partial charge in [-0.1, -0.05) is 29.5 Å². The van der Waals surface area contributed by atoms with Crippen LogP contribution in [0.15, 0.2) is 6.20 Å². The van der Waals surface area contributed by atoms with Crippen molar-refractivity contribution in [2.75, 3.05) is 4.43 Å². The highest BCUT2D eigenvalue weighted by Crippen LogP contribution is 2.16. The number of imidazole rings is 1. The Labute approximate surface area is 82.9 Å². The van der Waals surface area contributed by atoms with Gasteiger partial charge in [0.1, 0.15) is 6.20 Å². The number of alkyl halides is 1. The van der Waals surface area contributed by atoms with Gasteiger partial charge in [-0.3, -0.25) is 0 Å². The third kappa shape index (κ3) is 1.93. The van der Waals surface area contributed by atoms with Crippen LogP contribution in [0.4, 0.5) is 5.82 Å². The molecule has 0 bridgehead atoms. The predicted molar refractivity (Wildman–Crippen MR) is 52.5 cm³/mol. The van der Waals surface area contributed by atoms with E-state index in [0.717, 1.165) is 4.43 Å². The molecule has 0 spiro atoms. The van der Waals surface area contributed by atoms with Crippen LogP contribution in [0.3, 0.4) is 0 Å². The second-order valence-electron chi connectivity index (χ2n) is 2.47. The van der Waals surface area contributed by atoms with Gasteiger partial charge in [0.25, 0.3) is 0 Å². The highest BCUT2D eigenvalue weighted by atomic mass is 127. The van der Waals surface area contributed by atoms with Crippen molar-refractivity contribution < 1.29 is 4.92 Å². The van der Waals surface area contributed by atoms with Gasteiger partial charge in [-0.25, -0.2) is 9.97 Å². The Kier molecular flexibility index (Phi) is 3.01. The average Bonchev–Trinajstić information content (AvgIpc) is 2.51. The van der Waals surface area contributed by atoms with Crippen molar-refractivity contribution in [3.63, 3.8) is 0 Å². The monoisotopic (exact) mass is 281 g/mol. The van der Waals surface area contributed by atoms with Crippen LogP contribution in [-0.4, -0.2) is 19.3 Å². The van der Waals surface area contributed by atoms with E-state index in [1.54, 1.807) is 0 Å². The van der Waals surface area contributed by atoms with Crippen LogP contribution in [0.5, 0.6) is 0 Å². The highest BCUT2D eigenvalue weighted by molar-refractivity contribution is 14.1. The number of aromatic amines is 1. The zero-order valence-electron chi connectivity index (χ0n) is 6.45. The molecule has 0 amide bonds. The predicted octanol–water partition coefficient (Wildman–Crippen LogP) is 1.86. The van der Waals surface area contributed by atoms with Crippen molar-refractivity contribution in [1.29, 1.82) is 0 Å². The zero-order chi connectivity index (χ0) is 9.14. The van der Waals surface area contributed by atoms with E-state index in [1.807, 2.05) is 6.92 Å². The lowest BCUT2D eigenvalue weighted by Gasteiger charge is -1.97. The summed E-state index contributed by atoms with van der Waals surface area (Å²) >= 11 is 2.21. The summed E-state index contributed by atoms with van der Waals surface area (Å²) in [6, 6.07) is 0. The number of aromatic nitrogens is 2. The third-order valence-corrected chi connectivity index (χ3v) is 2.80. The Balaban J connectivity index is 2.84. The maximum absolute atomic E-state index is 10.3. The summed E-state index contributed by atoms with van der Waals surface area (Å²) in [6.45, 7) is 1.97. The first-order valence-electron chi connectivity index (χ1n) is 3.40. The average molecular weight is 281 g/mol. The lowest BCUT2D eigenvalue weighted by molar-refractivity contribution is -0.389. The van der Waals surface area contributed by atoms with Gasteiger partial charge in [0.15, 0.2) is 5.82 Å². The van der Waals surface area contributed by atoms with Gasteiger partial charge in [-0.2, -0.15) is 0 Å². The van der Waals surface area contributed by atoms with E-state index in [0.29, 0.717) is 5.82 Å². The number of H-pyrrole nitrogens is 1. The van der Waals surface area contributed by atoms with Gasteiger partial charge in [0, 0.05) is 10.3 Å². The van der Waals surface area contributed by atoms with Crippen LogP contribution in [0.1, 0.15) is 18.7 Å². The number of nitrogens with one attached hydrogen (secondary N) is 1. The number of hydrogen-bond acceptors (Lipinski definition) is 3. The molecule has 0 aliphatic rings. The molecule has 12 heavy (non-hydrogen) atoms. The van der Waals surface area contributed by atoms with Gasteiger partial charge in [-0.15, -0.1) is 0 Å². The fourth-order valence-corrected chi connectivity index (χ4v) is 1.16. The Bertz CT molecular complexity index is 286. The standard InChI is InChI=1S/C6H8IN3O2/c1-4(2-7)6-8-3-5(9-6)10(11)12/h3-4H,2H2,1H3,(H,8,9). The first kappa shape index (κ1) is 9.43. The third-order valence-electron chi connectivity index (χ3n) is 1.48. The molecule has 1 aromatic rings. The summed E-state index contributed by atoms with van der Waals surface area (Å²) in [6.07, 6.45) is 1.25. The molecule has 66 valence electrons. The van der Waals surface area contributed by atoms with E-state index in [2.05, 4.69) is 32.6 Å². The van der Waals surface area contributed by atoms with Crippen molar-refractivity contribution in [3.05, 3.63) is 22.1 Å². The van der Waals surface area contributed by atoms with Crippen molar-refractivity contribution in [2.24, 2.45) is 0 Å². The minimum Gasteiger partial charge on any atom is -0.358 e. The number of nitro groups is 1. The van der Waals surface area contributed by atoms with Gasteiger partial charge in [0.2, 0.25) is 0 Å². The van der Waals surface area contributed by atoms with Crippen molar-refractivity contribution in [1.82, 2.24) is 9.97 Å². The topological polar surface area (TPSA) is 71.8 Å². The van der Waals surface area contributed by atoms with E-state index >= 15 is 0 Å². The summed E-state index contributed by atoms with van der Waals surface area (Å²) in [5.41, 5.74) is 0. The Morgan fingerprint density at radius 2 is 2.58 bits per heavy atom. The van der Waals surface area contributed by atoms with E-state index in [9.17, 15) is 10.1 Å².